The number of rotatable bonds is 3. The smallest absolute Gasteiger partial charge is 0.278 e. The van der Waals surface area contributed by atoms with Crippen molar-refractivity contribution in [3.05, 3.63) is 21.0 Å². The summed E-state index contributed by atoms with van der Waals surface area (Å²) >= 11 is 3.16. The van der Waals surface area contributed by atoms with E-state index in [2.05, 4.69) is 30.9 Å². The number of aromatic amines is 1. The van der Waals surface area contributed by atoms with Crippen LogP contribution in [0, 0.1) is 0 Å². The normalized spacial score (nSPS) is 19.4. The minimum Gasteiger partial charge on any atom is -0.394 e. The van der Waals surface area contributed by atoms with Crippen molar-refractivity contribution in [2.75, 3.05) is 12.3 Å². The number of aliphatic imine (C=N–C) groups is 1. The minimum absolute atomic E-state index is 0.00957. The molecule has 20 heavy (non-hydrogen) atoms. The second-order valence-corrected chi connectivity index (χ2v) is 4.72. The van der Waals surface area contributed by atoms with Crippen molar-refractivity contribution >= 4 is 38.9 Å². The number of H-pyrrole nitrogens is 1. The molecule has 1 aromatic rings. The van der Waals surface area contributed by atoms with Crippen LogP contribution in [0.2, 0.25) is 0 Å². The second-order valence-electron chi connectivity index (χ2n) is 4.26. The number of hydrogen-bond donors (Lipinski definition) is 5. The first-order chi connectivity index (χ1) is 9.47. The Morgan fingerprint density at radius 2 is 2.20 bits per heavy atom. The molecule has 2 atom stereocenters. The Hall–Kier alpha value is -1.55. The SMILES string of the molecule is Nc1nc2c(c(=O)[nH]1)N=C(C(O)C(O)CO)C/C2=C\Br. The molecule has 6 N–H and O–H groups in total. The Morgan fingerprint density at radius 1 is 1.50 bits per heavy atom. The third kappa shape index (κ3) is 2.66. The van der Waals surface area contributed by atoms with E-state index < -0.39 is 24.4 Å². The number of hydrogen-bond acceptors (Lipinski definition) is 7. The quantitative estimate of drug-likeness (QED) is 0.489. The van der Waals surface area contributed by atoms with Gasteiger partial charge in [0.05, 0.1) is 12.3 Å². The van der Waals surface area contributed by atoms with E-state index in [1.165, 1.54) is 0 Å². The summed E-state index contributed by atoms with van der Waals surface area (Å²) in [5.74, 6) is -0.0322. The molecule has 1 aliphatic heterocycles. The van der Waals surface area contributed by atoms with E-state index in [-0.39, 0.29) is 23.8 Å². The van der Waals surface area contributed by atoms with Gasteiger partial charge in [-0.15, -0.1) is 0 Å². The van der Waals surface area contributed by atoms with Crippen LogP contribution in [0.5, 0.6) is 0 Å². The number of fused-ring (bicyclic) bond motifs is 1. The summed E-state index contributed by atoms with van der Waals surface area (Å²) in [5.41, 5.74) is 6.03. The monoisotopic (exact) mass is 344 g/mol. The summed E-state index contributed by atoms with van der Waals surface area (Å²) in [6.07, 6.45) is -2.56. The molecule has 108 valence electrons. The second kappa shape index (κ2) is 5.83. The molecular weight excluding hydrogens is 332 g/mol. The zero-order chi connectivity index (χ0) is 14.9. The summed E-state index contributed by atoms with van der Waals surface area (Å²) < 4.78 is 0. The number of nitrogens with one attached hydrogen (secondary N) is 1. The molecule has 0 radical (unpaired) electrons. The summed E-state index contributed by atoms with van der Waals surface area (Å²) in [4.78, 5) is 23.7. The largest absolute Gasteiger partial charge is 0.394 e. The lowest BCUT2D eigenvalue weighted by molar-refractivity contribution is 0.0178. The first kappa shape index (κ1) is 14.9. The van der Waals surface area contributed by atoms with Crippen molar-refractivity contribution in [2.45, 2.75) is 18.6 Å². The van der Waals surface area contributed by atoms with Crippen LogP contribution >= 0.6 is 15.9 Å². The zero-order valence-corrected chi connectivity index (χ0v) is 11.8. The van der Waals surface area contributed by atoms with Crippen LogP contribution in [0.15, 0.2) is 14.8 Å². The van der Waals surface area contributed by atoms with E-state index in [9.17, 15) is 15.0 Å². The molecule has 2 unspecified atom stereocenters. The van der Waals surface area contributed by atoms with Crippen LogP contribution in [0.1, 0.15) is 12.1 Å². The van der Waals surface area contributed by atoms with Gasteiger partial charge in [0.25, 0.3) is 5.56 Å². The molecular formula is C11H13BrN4O4. The van der Waals surface area contributed by atoms with Gasteiger partial charge >= 0.3 is 0 Å². The van der Waals surface area contributed by atoms with Gasteiger partial charge in [0.2, 0.25) is 5.95 Å². The fourth-order valence-corrected chi connectivity index (χ4v) is 2.24. The average molecular weight is 345 g/mol. The molecule has 2 heterocycles. The predicted octanol–water partition coefficient (Wildman–Crippen LogP) is -0.722. The van der Waals surface area contributed by atoms with Crippen LogP contribution in [0.3, 0.4) is 0 Å². The number of allylic oxidation sites excluding steroid dienone is 1. The van der Waals surface area contributed by atoms with Gasteiger partial charge in [0, 0.05) is 6.42 Å². The maximum Gasteiger partial charge on any atom is 0.278 e. The predicted molar refractivity (Wildman–Crippen MR) is 77.0 cm³/mol. The Kier molecular flexibility index (Phi) is 4.33. The maximum atomic E-state index is 11.8. The Labute approximate surface area is 121 Å². The summed E-state index contributed by atoms with van der Waals surface area (Å²) in [5, 5.41) is 28.2. The van der Waals surface area contributed by atoms with Gasteiger partial charge in [-0.3, -0.25) is 9.78 Å². The van der Waals surface area contributed by atoms with Crippen molar-refractivity contribution in [1.82, 2.24) is 9.97 Å². The van der Waals surface area contributed by atoms with Gasteiger partial charge in [-0.25, -0.2) is 9.98 Å². The molecule has 0 aromatic carbocycles. The summed E-state index contributed by atoms with van der Waals surface area (Å²) in [6, 6.07) is 0. The van der Waals surface area contributed by atoms with E-state index in [0.29, 0.717) is 11.3 Å². The van der Waals surface area contributed by atoms with Gasteiger partial charge in [-0.1, -0.05) is 15.9 Å². The molecule has 0 saturated carbocycles. The standard InChI is InChI=1S/C11H13BrN4O4/c12-2-4-1-5(9(19)6(18)3-17)14-8-7(4)15-11(13)16-10(8)20/h2,6,9,17-19H,1,3H2,(H3,13,15,16,20)/b4-2+. The molecule has 0 amide bonds. The topological polar surface area (TPSA) is 145 Å². The zero-order valence-electron chi connectivity index (χ0n) is 10.2. The molecule has 2 rings (SSSR count). The number of nitrogen functional groups attached to an aromatic ring is 1. The lowest BCUT2D eigenvalue weighted by atomic mass is 9.96. The van der Waals surface area contributed by atoms with Crippen molar-refractivity contribution in [1.29, 1.82) is 0 Å². The molecule has 1 aliphatic rings. The third-order valence-corrected chi connectivity index (χ3v) is 3.42. The molecule has 8 nitrogen and oxygen atoms in total. The van der Waals surface area contributed by atoms with Gasteiger partial charge in [-0.2, -0.15) is 0 Å². The minimum atomic E-state index is -1.37. The van der Waals surface area contributed by atoms with Crippen molar-refractivity contribution < 1.29 is 15.3 Å². The number of aliphatic hydroxyl groups excluding tert-OH is 3. The van der Waals surface area contributed by atoms with E-state index in [0.717, 1.165) is 0 Å². The van der Waals surface area contributed by atoms with Crippen LogP contribution in [0.25, 0.3) is 5.57 Å². The number of anilines is 1. The van der Waals surface area contributed by atoms with E-state index in [4.69, 9.17) is 10.8 Å². The molecule has 1 aromatic heterocycles. The Bertz CT molecular complexity index is 640. The number of nitrogens with two attached hydrogens (primary N) is 1. The average Bonchev–Trinajstić information content (AvgIpc) is 2.44. The van der Waals surface area contributed by atoms with Gasteiger partial charge < -0.3 is 21.1 Å². The highest BCUT2D eigenvalue weighted by Crippen LogP contribution is 2.31. The van der Waals surface area contributed by atoms with Crippen LogP contribution in [0.4, 0.5) is 11.6 Å². The lowest BCUT2D eigenvalue weighted by Gasteiger charge is -2.22. The Balaban J connectivity index is 2.55. The van der Waals surface area contributed by atoms with Gasteiger partial charge in [-0.05, 0) is 10.6 Å². The van der Waals surface area contributed by atoms with Crippen LogP contribution in [-0.4, -0.2) is 49.8 Å². The molecule has 0 fully saturated rings. The molecule has 0 aliphatic carbocycles. The van der Waals surface area contributed by atoms with Gasteiger partial charge in [0.15, 0.2) is 5.69 Å². The fourth-order valence-electron chi connectivity index (χ4n) is 1.86. The third-order valence-electron chi connectivity index (χ3n) is 2.87. The molecule has 0 bridgehead atoms. The maximum absolute atomic E-state index is 11.8. The number of aliphatic hydroxyl groups is 3. The van der Waals surface area contributed by atoms with E-state index >= 15 is 0 Å². The first-order valence-corrected chi connectivity index (χ1v) is 6.63. The number of halogens is 1. The summed E-state index contributed by atoms with van der Waals surface area (Å²) in [6.45, 7) is -0.614. The van der Waals surface area contributed by atoms with Crippen LogP contribution < -0.4 is 11.3 Å². The fraction of sp³-hybridized carbons (Fsp3) is 0.364. The highest BCUT2D eigenvalue weighted by Gasteiger charge is 2.28. The van der Waals surface area contributed by atoms with Gasteiger partial charge in [0.1, 0.15) is 17.9 Å². The number of nitrogens with zero attached hydrogens (tertiary/aromatic N) is 2. The lowest BCUT2D eigenvalue weighted by Crippen LogP contribution is -2.37. The first-order valence-electron chi connectivity index (χ1n) is 5.71. The molecule has 9 heteroatoms. The number of aromatic nitrogens is 2. The van der Waals surface area contributed by atoms with Crippen molar-refractivity contribution in [3.8, 4) is 0 Å². The van der Waals surface area contributed by atoms with E-state index in [1.807, 2.05) is 0 Å². The Morgan fingerprint density at radius 3 is 2.80 bits per heavy atom. The van der Waals surface area contributed by atoms with E-state index in [1.54, 1.807) is 4.99 Å². The highest BCUT2D eigenvalue weighted by molar-refractivity contribution is 9.11. The van der Waals surface area contributed by atoms with Crippen molar-refractivity contribution in [2.24, 2.45) is 4.99 Å². The summed E-state index contributed by atoms with van der Waals surface area (Å²) in [7, 11) is 0. The van der Waals surface area contributed by atoms with Crippen molar-refractivity contribution in [3.63, 3.8) is 0 Å². The highest BCUT2D eigenvalue weighted by atomic mass is 79.9. The molecule has 0 spiro atoms. The molecule has 0 saturated heterocycles. The van der Waals surface area contributed by atoms with Crippen LogP contribution in [-0.2, 0) is 0 Å².